The van der Waals surface area contributed by atoms with Crippen LogP contribution >= 0.6 is 0 Å². The molecule has 1 saturated heterocycles. The van der Waals surface area contributed by atoms with Gasteiger partial charge in [0.1, 0.15) is 12.1 Å². The first-order valence-corrected chi connectivity index (χ1v) is 7.87. The Kier molecular flexibility index (Phi) is 3.46. The largest absolute Gasteiger partial charge is 0.372 e. The molecule has 23 heavy (non-hydrogen) atoms. The lowest BCUT2D eigenvalue weighted by Gasteiger charge is -2.36. The molecular formula is C17H19N5O. The molecule has 118 valence electrons. The van der Waals surface area contributed by atoms with E-state index < -0.39 is 0 Å². The summed E-state index contributed by atoms with van der Waals surface area (Å²) in [6.07, 6.45) is 3.84. The van der Waals surface area contributed by atoms with Gasteiger partial charge in [0, 0.05) is 13.1 Å². The summed E-state index contributed by atoms with van der Waals surface area (Å²) in [5.74, 6) is 0.930. The maximum Gasteiger partial charge on any atom is 0.168 e. The number of hydrogen-bond donors (Lipinski definition) is 0. The van der Waals surface area contributed by atoms with Crippen molar-refractivity contribution in [2.45, 2.75) is 26.1 Å². The molecule has 0 spiro atoms. The number of fused-ring (bicyclic) bond motifs is 1. The molecule has 2 aromatic heterocycles. The number of rotatable bonds is 2. The third-order valence-corrected chi connectivity index (χ3v) is 4.06. The summed E-state index contributed by atoms with van der Waals surface area (Å²) in [5.41, 5.74) is 1.82. The molecule has 6 nitrogen and oxygen atoms in total. The Morgan fingerprint density at radius 2 is 1.78 bits per heavy atom. The highest BCUT2D eigenvalue weighted by atomic mass is 16.5. The molecule has 1 fully saturated rings. The fraction of sp³-hybridized carbons (Fsp3) is 0.353. The molecule has 1 aliphatic heterocycles. The van der Waals surface area contributed by atoms with Crippen molar-refractivity contribution >= 4 is 16.9 Å². The monoisotopic (exact) mass is 309 g/mol. The van der Waals surface area contributed by atoms with E-state index in [2.05, 4.69) is 33.8 Å². The third kappa shape index (κ3) is 2.55. The van der Waals surface area contributed by atoms with Crippen LogP contribution in [0.1, 0.15) is 13.8 Å². The van der Waals surface area contributed by atoms with E-state index in [-0.39, 0.29) is 12.2 Å². The molecule has 0 N–H and O–H groups in total. The van der Waals surface area contributed by atoms with Crippen LogP contribution in [0.3, 0.4) is 0 Å². The lowest BCUT2D eigenvalue weighted by atomic mass is 10.2. The van der Waals surface area contributed by atoms with E-state index in [0.717, 1.165) is 35.6 Å². The number of benzene rings is 1. The molecule has 6 heteroatoms. The second kappa shape index (κ2) is 5.62. The van der Waals surface area contributed by atoms with E-state index in [9.17, 15) is 0 Å². The molecule has 0 saturated carbocycles. The zero-order valence-electron chi connectivity index (χ0n) is 13.3. The predicted octanol–water partition coefficient (Wildman–Crippen LogP) is 2.43. The van der Waals surface area contributed by atoms with E-state index >= 15 is 0 Å². The van der Waals surface area contributed by atoms with Crippen LogP contribution in [0.15, 0.2) is 42.9 Å². The first-order valence-electron chi connectivity index (χ1n) is 7.87. The van der Waals surface area contributed by atoms with Crippen LogP contribution < -0.4 is 4.90 Å². The quantitative estimate of drug-likeness (QED) is 0.728. The number of morpholine rings is 1. The summed E-state index contributed by atoms with van der Waals surface area (Å²) in [5, 5.41) is 5.49. The molecule has 1 aliphatic rings. The standard InChI is InChI=1S/C17H19N5O/c1-12-9-21(10-13(2)23-12)16-15-8-20-22(17(15)19-11-18-16)14-6-4-3-5-7-14/h3-8,11-13H,9-10H2,1-2H3. The van der Waals surface area contributed by atoms with Gasteiger partial charge in [-0.2, -0.15) is 5.10 Å². The number of para-hydroxylation sites is 1. The summed E-state index contributed by atoms with van der Waals surface area (Å²) in [7, 11) is 0. The highest BCUT2D eigenvalue weighted by molar-refractivity contribution is 5.87. The van der Waals surface area contributed by atoms with Gasteiger partial charge in [0.05, 0.1) is 29.5 Å². The van der Waals surface area contributed by atoms with Crippen molar-refractivity contribution in [2.75, 3.05) is 18.0 Å². The number of aromatic nitrogens is 4. The lowest BCUT2D eigenvalue weighted by Crippen LogP contribution is -2.45. The first-order chi connectivity index (χ1) is 11.2. The van der Waals surface area contributed by atoms with Crippen molar-refractivity contribution in [3.63, 3.8) is 0 Å². The Labute approximate surface area is 134 Å². The summed E-state index contributed by atoms with van der Waals surface area (Å²) in [4.78, 5) is 11.2. The smallest absolute Gasteiger partial charge is 0.168 e. The molecule has 0 radical (unpaired) electrons. The minimum atomic E-state index is 0.188. The normalized spacial score (nSPS) is 21.7. The molecule has 2 unspecified atom stereocenters. The predicted molar refractivity (Wildman–Crippen MR) is 88.9 cm³/mol. The molecule has 3 aromatic rings. The summed E-state index contributed by atoms with van der Waals surface area (Å²) >= 11 is 0. The molecule has 0 bridgehead atoms. The Balaban J connectivity index is 1.79. The summed E-state index contributed by atoms with van der Waals surface area (Å²) < 4.78 is 7.67. The SMILES string of the molecule is CC1CN(c2ncnc3c2cnn3-c2ccccc2)CC(C)O1. The zero-order valence-corrected chi connectivity index (χ0v) is 13.3. The fourth-order valence-corrected chi connectivity index (χ4v) is 3.19. The molecular weight excluding hydrogens is 290 g/mol. The number of ether oxygens (including phenoxy) is 1. The molecule has 3 heterocycles. The van der Waals surface area contributed by atoms with Gasteiger partial charge in [0.25, 0.3) is 0 Å². The van der Waals surface area contributed by atoms with Crippen LogP contribution in [0.5, 0.6) is 0 Å². The van der Waals surface area contributed by atoms with Gasteiger partial charge in [0.2, 0.25) is 0 Å². The van der Waals surface area contributed by atoms with E-state index in [0.29, 0.717) is 0 Å². The van der Waals surface area contributed by atoms with Gasteiger partial charge >= 0.3 is 0 Å². The molecule has 1 aromatic carbocycles. The van der Waals surface area contributed by atoms with Gasteiger partial charge in [-0.1, -0.05) is 18.2 Å². The first kappa shape index (κ1) is 14.1. The maximum absolute atomic E-state index is 5.82. The molecule has 2 atom stereocenters. The van der Waals surface area contributed by atoms with Gasteiger partial charge < -0.3 is 9.64 Å². The van der Waals surface area contributed by atoms with E-state index in [1.54, 1.807) is 6.33 Å². The third-order valence-electron chi connectivity index (χ3n) is 4.06. The van der Waals surface area contributed by atoms with E-state index in [1.165, 1.54) is 0 Å². The number of anilines is 1. The van der Waals surface area contributed by atoms with Crippen molar-refractivity contribution in [2.24, 2.45) is 0 Å². The number of hydrogen-bond acceptors (Lipinski definition) is 5. The fourth-order valence-electron chi connectivity index (χ4n) is 3.19. The molecule has 0 aliphatic carbocycles. The van der Waals surface area contributed by atoms with Crippen LogP contribution in [0.2, 0.25) is 0 Å². The van der Waals surface area contributed by atoms with Crippen molar-refractivity contribution < 1.29 is 4.74 Å². The Bertz CT molecular complexity index is 806. The second-order valence-corrected chi connectivity index (χ2v) is 5.99. The zero-order chi connectivity index (χ0) is 15.8. The highest BCUT2D eigenvalue weighted by Gasteiger charge is 2.25. The van der Waals surface area contributed by atoms with E-state index in [4.69, 9.17) is 4.74 Å². The van der Waals surface area contributed by atoms with Gasteiger partial charge in [-0.15, -0.1) is 0 Å². The average molecular weight is 309 g/mol. The Hall–Kier alpha value is -2.47. The maximum atomic E-state index is 5.82. The number of nitrogens with zero attached hydrogens (tertiary/aromatic N) is 5. The van der Waals surface area contributed by atoms with Crippen LogP contribution in [-0.2, 0) is 4.74 Å². The minimum absolute atomic E-state index is 0.188. The average Bonchev–Trinajstić information content (AvgIpc) is 2.98. The highest BCUT2D eigenvalue weighted by Crippen LogP contribution is 2.26. The minimum Gasteiger partial charge on any atom is -0.372 e. The Morgan fingerprint density at radius 1 is 1.04 bits per heavy atom. The second-order valence-electron chi connectivity index (χ2n) is 5.99. The van der Waals surface area contributed by atoms with Crippen molar-refractivity contribution in [3.8, 4) is 5.69 Å². The van der Waals surface area contributed by atoms with Gasteiger partial charge in [-0.05, 0) is 26.0 Å². The summed E-state index contributed by atoms with van der Waals surface area (Å²) in [6, 6.07) is 10.0. The van der Waals surface area contributed by atoms with E-state index in [1.807, 2.05) is 41.2 Å². The van der Waals surface area contributed by atoms with Gasteiger partial charge in [-0.3, -0.25) is 0 Å². The van der Waals surface area contributed by atoms with Crippen molar-refractivity contribution in [1.82, 2.24) is 19.7 Å². The molecule has 0 amide bonds. The lowest BCUT2D eigenvalue weighted by molar-refractivity contribution is -0.00537. The topological polar surface area (TPSA) is 56.1 Å². The van der Waals surface area contributed by atoms with Crippen LogP contribution in [-0.4, -0.2) is 45.0 Å². The van der Waals surface area contributed by atoms with Crippen molar-refractivity contribution in [1.29, 1.82) is 0 Å². The van der Waals surface area contributed by atoms with Gasteiger partial charge in [-0.25, -0.2) is 14.6 Å². The Morgan fingerprint density at radius 3 is 2.52 bits per heavy atom. The molecule has 4 rings (SSSR count). The van der Waals surface area contributed by atoms with Gasteiger partial charge in [0.15, 0.2) is 5.65 Å². The van der Waals surface area contributed by atoms with Crippen LogP contribution in [0.4, 0.5) is 5.82 Å². The summed E-state index contributed by atoms with van der Waals surface area (Å²) in [6.45, 7) is 5.84. The van der Waals surface area contributed by atoms with Crippen LogP contribution in [0.25, 0.3) is 16.7 Å². The van der Waals surface area contributed by atoms with Crippen molar-refractivity contribution in [3.05, 3.63) is 42.9 Å². The van der Waals surface area contributed by atoms with Crippen LogP contribution in [0, 0.1) is 0 Å².